The van der Waals surface area contributed by atoms with E-state index < -0.39 is 18.0 Å². The van der Waals surface area contributed by atoms with Gasteiger partial charge in [-0.25, -0.2) is 4.79 Å². The highest BCUT2D eigenvalue weighted by atomic mass is 35.5. The summed E-state index contributed by atoms with van der Waals surface area (Å²) >= 11 is 11.8. The molecule has 0 spiro atoms. The number of ether oxygens (including phenoxy) is 1. The van der Waals surface area contributed by atoms with Crippen molar-refractivity contribution < 1.29 is 18.8 Å². The Hall–Kier alpha value is -2.05. The van der Waals surface area contributed by atoms with E-state index in [1.54, 1.807) is 19.1 Å². The van der Waals surface area contributed by atoms with Gasteiger partial charge in [-0.15, -0.1) is 0 Å². The summed E-state index contributed by atoms with van der Waals surface area (Å²) in [7, 11) is 0. The van der Waals surface area contributed by atoms with Crippen molar-refractivity contribution >= 4 is 40.8 Å². The van der Waals surface area contributed by atoms with E-state index in [1.165, 1.54) is 19.1 Å². The van der Waals surface area contributed by atoms with Crippen LogP contribution in [0.25, 0.3) is 0 Å². The minimum atomic E-state index is -1.05. The number of carbonyl (C=O) groups excluding carboxylic acids is 2. The van der Waals surface area contributed by atoms with E-state index in [0.717, 1.165) is 0 Å². The third kappa shape index (κ3) is 3.99. The third-order valence-electron chi connectivity index (χ3n) is 2.67. The van der Waals surface area contributed by atoms with Crippen LogP contribution in [0.1, 0.15) is 23.2 Å². The highest BCUT2D eigenvalue weighted by molar-refractivity contribution is 6.35. The van der Waals surface area contributed by atoms with Gasteiger partial charge in [0.25, 0.3) is 5.91 Å². The quantitative estimate of drug-likeness (QED) is 0.860. The monoisotopic (exact) mass is 342 g/mol. The standard InChI is InChI=1S/C14H12Cl2N2O4/c1-7-5-12(22-18-7)14(20)21-8(2)13(19)17-11-6-9(15)3-4-10(11)16/h3-6,8H,1-2H3,(H,17,19). The summed E-state index contributed by atoms with van der Waals surface area (Å²) in [4.78, 5) is 23.8. The maximum atomic E-state index is 12.0. The number of amides is 1. The van der Waals surface area contributed by atoms with Crippen molar-refractivity contribution in [3.05, 3.63) is 45.8 Å². The average molecular weight is 343 g/mol. The fraction of sp³-hybridized carbons (Fsp3) is 0.214. The van der Waals surface area contributed by atoms with Crippen LogP contribution < -0.4 is 5.32 Å². The number of nitrogens with one attached hydrogen (secondary N) is 1. The van der Waals surface area contributed by atoms with E-state index in [-0.39, 0.29) is 5.76 Å². The van der Waals surface area contributed by atoms with Crippen molar-refractivity contribution in [1.82, 2.24) is 5.16 Å². The molecule has 0 aliphatic heterocycles. The maximum absolute atomic E-state index is 12.0. The van der Waals surface area contributed by atoms with Gasteiger partial charge in [0.2, 0.25) is 5.76 Å². The minimum Gasteiger partial charge on any atom is -0.447 e. The Morgan fingerprint density at radius 2 is 2.05 bits per heavy atom. The van der Waals surface area contributed by atoms with Crippen molar-refractivity contribution in [2.45, 2.75) is 20.0 Å². The molecule has 0 saturated carbocycles. The second-order valence-electron chi connectivity index (χ2n) is 4.49. The molecule has 1 unspecified atom stereocenters. The predicted octanol–water partition coefficient (Wildman–Crippen LogP) is 3.47. The Morgan fingerprint density at radius 3 is 2.68 bits per heavy atom. The normalized spacial score (nSPS) is 11.8. The molecule has 2 rings (SSSR count). The van der Waals surface area contributed by atoms with Gasteiger partial charge in [-0.2, -0.15) is 0 Å². The molecule has 0 saturated heterocycles. The number of aryl methyl sites for hydroxylation is 1. The van der Waals surface area contributed by atoms with Gasteiger partial charge in [0, 0.05) is 11.1 Å². The molecule has 0 fully saturated rings. The van der Waals surface area contributed by atoms with Gasteiger partial charge in [0.15, 0.2) is 6.10 Å². The number of esters is 1. The van der Waals surface area contributed by atoms with Crippen LogP contribution in [0, 0.1) is 6.92 Å². The zero-order valence-electron chi connectivity index (χ0n) is 11.7. The Kier molecular flexibility index (Phi) is 5.05. The first-order chi connectivity index (χ1) is 10.4. The lowest BCUT2D eigenvalue weighted by Crippen LogP contribution is -2.30. The molecule has 22 heavy (non-hydrogen) atoms. The van der Waals surface area contributed by atoms with Crippen molar-refractivity contribution in [3.8, 4) is 0 Å². The molecule has 2 aromatic rings. The highest BCUT2D eigenvalue weighted by Gasteiger charge is 2.22. The average Bonchev–Trinajstić information content (AvgIpc) is 2.89. The molecule has 1 heterocycles. The summed E-state index contributed by atoms with van der Waals surface area (Å²) in [6.45, 7) is 3.09. The van der Waals surface area contributed by atoms with Crippen LogP contribution in [0.5, 0.6) is 0 Å². The number of nitrogens with zero attached hydrogens (tertiary/aromatic N) is 1. The number of rotatable bonds is 4. The number of anilines is 1. The fourth-order valence-electron chi connectivity index (χ4n) is 1.56. The Balaban J connectivity index is 2.00. The summed E-state index contributed by atoms with van der Waals surface area (Å²) in [5, 5.41) is 6.84. The van der Waals surface area contributed by atoms with Crippen LogP contribution in [0.3, 0.4) is 0 Å². The van der Waals surface area contributed by atoms with Crippen molar-refractivity contribution in [1.29, 1.82) is 0 Å². The Bertz CT molecular complexity index is 715. The smallest absolute Gasteiger partial charge is 0.377 e. The van der Waals surface area contributed by atoms with E-state index in [1.807, 2.05) is 0 Å². The molecular formula is C14H12Cl2N2O4. The molecular weight excluding hydrogens is 331 g/mol. The molecule has 1 aromatic heterocycles. The lowest BCUT2D eigenvalue weighted by atomic mass is 10.3. The second-order valence-corrected chi connectivity index (χ2v) is 5.34. The van der Waals surface area contributed by atoms with Gasteiger partial charge in [-0.1, -0.05) is 28.4 Å². The molecule has 1 aromatic carbocycles. The highest BCUT2D eigenvalue weighted by Crippen LogP contribution is 2.25. The minimum absolute atomic E-state index is 0.0714. The summed E-state index contributed by atoms with van der Waals surface area (Å²) in [5.74, 6) is -1.40. The van der Waals surface area contributed by atoms with Gasteiger partial charge in [0.1, 0.15) is 0 Å². The number of aromatic nitrogens is 1. The van der Waals surface area contributed by atoms with Crippen LogP contribution in [0.2, 0.25) is 10.0 Å². The zero-order valence-corrected chi connectivity index (χ0v) is 13.2. The first-order valence-corrected chi connectivity index (χ1v) is 7.02. The summed E-state index contributed by atoms with van der Waals surface area (Å²) in [5.41, 5.74) is 0.868. The number of carbonyl (C=O) groups is 2. The second kappa shape index (κ2) is 6.81. The first-order valence-electron chi connectivity index (χ1n) is 6.27. The van der Waals surface area contributed by atoms with Crippen LogP contribution in [-0.4, -0.2) is 23.1 Å². The van der Waals surface area contributed by atoms with E-state index in [9.17, 15) is 9.59 Å². The Morgan fingerprint density at radius 1 is 1.32 bits per heavy atom. The molecule has 1 amide bonds. The predicted molar refractivity (Wildman–Crippen MR) is 81.2 cm³/mol. The molecule has 6 nitrogen and oxygen atoms in total. The lowest BCUT2D eigenvalue weighted by Gasteiger charge is -2.13. The molecule has 1 N–H and O–H groups in total. The van der Waals surface area contributed by atoms with Gasteiger partial charge in [-0.05, 0) is 32.0 Å². The van der Waals surface area contributed by atoms with E-state index >= 15 is 0 Å². The third-order valence-corrected chi connectivity index (χ3v) is 3.23. The number of halogens is 2. The van der Waals surface area contributed by atoms with Gasteiger partial charge < -0.3 is 14.6 Å². The number of hydrogen-bond acceptors (Lipinski definition) is 5. The summed E-state index contributed by atoms with van der Waals surface area (Å²) < 4.78 is 9.76. The van der Waals surface area contributed by atoms with Gasteiger partial charge in [-0.3, -0.25) is 4.79 Å². The Labute approximate surface area is 136 Å². The van der Waals surface area contributed by atoms with Crippen LogP contribution in [0.4, 0.5) is 5.69 Å². The molecule has 116 valence electrons. The van der Waals surface area contributed by atoms with Crippen LogP contribution in [-0.2, 0) is 9.53 Å². The largest absolute Gasteiger partial charge is 0.447 e. The van der Waals surface area contributed by atoms with Crippen molar-refractivity contribution in [2.24, 2.45) is 0 Å². The number of benzene rings is 1. The topological polar surface area (TPSA) is 81.4 Å². The van der Waals surface area contributed by atoms with Crippen molar-refractivity contribution in [2.75, 3.05) is 5.32 Å². The van der Waals surface area contributed by atoms with Gasteiger partial charge in [0.05, 0.1) is 16.4 Å². The zero-order chi connectivity index (χ0) is 16.3. The summed E-state index contributed by atoms with van der Waals surface area (Å²) in [6, 6.07) is 6.06. The maximum Gasteiger partial charge on any atom is 0.377 e. The molecule has 0 aliphatic rings. The molecule has 1 atom stereocenters. The SMILES string of the molecule is Cc1cc(C(=O)OC(C)C(=O)Nc2cc(Cl)ccc2Cl)on1. The van der Waals surface area contributed by atoms with Crippen LogP contribution >= 0.6 is 23.2 Å². The van der Waals surface area contributed by atoms with Gasteiger partial charge >= 0.3 is 5.97 Å². The molecule has 0 bridgehead atoms. The fourth-order valence-corrected chi connectivity index (χ4v) is 1.90. The van der Waals surface area contributed by atoms with Crippen LogP contribution in [0.15, 0.2) is 28.8 Å². The lowest BCUT2D eigenvalue weighted by molar-refractivity contribution is -0.123. The molecule has 0 aliphatic carbocycles. The molecule has 0 radical (unpaired) electrons. The van der Waals surface area contributed by atoms with E-state index in [0.29, 0.717) is 21.4 Å². The van der Waals surface area contributed by atoms with E-state index in [4.69, 9.17) is 32.5 Å². The number of hydrogen-bond donors (Lipinski definition) is 1. The van der Waals surface area contributed by atoms with E-state index in [2.05, 4.69) is 10.5 Å². The first kappa shape index (κ1) is 16.3. The molecule has 8 heteroatoms. The summed E-state index contributed by atoms with van der Waals surface area (Å²) in [6.07, 6.45) is -1.05. The van der Waals surface area contributed by atoms with Crippen molar-refractivity contribution in [3.63, 3.8) is 0 Å².